The molecule has 12 rings (SSSR count). The van der Waals surface area contributed by atoms with Crippen molar-refractivity contribution in [3.8, 4) is 22.3 Å². The highest BCUT2D eigenvalue weighted by molar-refractivity contribution is 6.10. The Bertz CT molecular complexity index is 2340. The number of nitrogens with zero attached hydrogens (tertiary/aromatic N) is 1. The van der Waals surface area contributed by atoms with Gasteiger partial charge in [-0.2, -0.15) is 0 Å². The summed E-state index contributed by atoms with van der Waals surface area (Å²) in [6, 6.07) is 51.5. The average molecular weight is 620 g/mol. The summed E-state index contributed by atoms with van der Waals surface area (Å²) in [5.74, 6) is 3.39. The fourth-order valence-electron chi connectivity index (χ4n) is 11.1. The van der Waals surface area contributed by atoms with Gasteiger partial charge < -0.3 is 9.32 Å². The molecule has 6 aromatic carbocycles. The van der Waals surface area contributed by atoms with Crippen LogP contribution in [0, 0.1) is 23.7 Å². The van der Waals surface area contributed by atoms with Crippen molar-refractivity contribution >= 4 is 39.0 Å². The van der Waals surface area contributed by atoms with Gasteiger partial charge in [-0.15, -0.1) is 0 Å². The molecule has 0 aliphatic heterocycles. The molecule has 0 N–H and O–H groups in total. The van der Waals surface area contributed by atoms with Crippen LogP contribution in [0.1, 0.15) is 43.2 Å². The van der Waals surface area contributed by atoms with Crippen molar-refractivity contribution in [3.05, 3.63) is 151 Å². The van der Waals surface area contributed by atoms with Gasteiger partial charge in [0.05, 0.1) is 5.69 Å². The van der Waals surface area contributed by atoms with Crippen molar-refractivity contribution in [2.24, 2.45) is 23.7 Å². The normalized spacial score (nSPS) is 24.8. The van der Waals surface area contributed by atoms with E-state index in [9.17, 15) is 0 Å². The van der Waals surface area contributed by atoms with Gasteiger partial charge in [-0.1, -0.05) is 103 Å². The van der Waals surface area contributed by atoms with E-state index in [0.717, 1.165) is 57.0 Å². The molecule has 0 amide bonds. The molecule has 7 aromatic rings. The quantitative estimate of drug-likeness (QED) is 0.195. The van der Waals surface area contributed by atoms with Gasteiger partial charge in [0, 0.05) is 27.6 Å². The average Bonchev–Trinajstić information content (AvgIpc) is 3.66. The van der Waals surface area contributed by atoms with E-state index in [1.807, 2.05) is 0 Å². The SMILES string of the molecule is c1ccc(-c2ccc(N(c3ccc4c(c3)-c3ccccc3C43C4CC5CC(C4)CC3C5)c3cccc4c3oc3ccccc34)cc2)cc1. The molecule has 232 valence electrons. The fourth-order valence-corrected chi connectivity index (χ4v) is 11.1. The number of hydrogen-bond acceptors (Lipinski definition) is 2. The van der Waals surface area contributed by atoms with Gasteiger partial charge in [0.2, 0.25) is 0 Å². The minimum Gasteiger partial charge on any atom is -0.454 e. The predicted octanol–water partition coefficient (Wildman–Crippen LogP) is 12.4. The summed E-state index contributed by atoms with van der Waals surface area (Å²) in [4.78, 5) is 2.42. The molecule has 2 nitrogen and oxygen atoms in total. The Labute approximate surface area is 281 Å². The topological polar surface area (TPSA) is 16.4 Å². The van der Waals surface area contributed by atoms with E-state index in [2.05, 4.69) is 144 Å². The van der Waals surface area contributed by atoms with Crippen molar-refractivity contribution in [1.29, 1.82) is 0 Å². The Morgan fingerprint density at radius 3 is 1.96 bits per heavy atom. The van der Waals surface area contributed by atoms with Gasteiger partial charge in [-0.25, -0.2) is 0 Å². The molecule has 2 heteroatoms. The van der Waals surface area contributed by atoms with Crippen molar-refractivity contribution in [2.75, 3.05) is 4.90 Å². The third-order valence-electron chi connectivity index (χ3n) is 12.7. The first-order valence-corrected chi connectivity index (χ1v) is 17.9. The summed E-state index contributed by atoms with van der Waals surface area (Å²) < 4.78 is 6.66. The molecule has 4 saturated carbocycles. The third kappa shape index (κ3) is 3.64. The Hall–Kier alpha value is -5.08. The monoisotopic (exact) mass is 619 g/mol. The van der Waals surface area contributed by atoms with Crippen LogP contribution >= 0.6 is 0 Å². The number of benzene rings is 6. The summed E-state index contributed by atoms with van der Waals surface area (Å²) >= 11 is 0. The summed E-state index contributed by atoms with van der Waals surface area (Å²) in [7, 11) is 0. The zero-order valence-electron chi connectivity index (χ0n) is 27.0. The Kier molecular flexibility index (Phi) is 5.59. The molecule has 1 heterocycles. The van der Waals surface area contributed by atoms with E-state index in [-0.39, 0.29) is 5.41 Å². The zero-order valence-corrected chi connectivity index (χ0v) is 27.0. The van der Waals surface area contributed by atoms with E-state index < -0.39 is 0 Å². The molecule has 4 fully saturated rings. The molecular weight excluding hydrogens is 583 g/mol. The highest BCUT2D eigenvalue weighted by Gasteiger charge is 2.61. The third-order valence-corrected chi connectivity index (χ3v) is 12.7. The number of anilines is 3. The maximum Gasteiger partial charge on any atom is 0.159 e. The largest absolute Gasteiger partial charge is 0.454 e. The highest BCUT2D eigenvalue weighted by Crippen LogP contribution is 2.69. The maximum atomic E-state index is 6.66. The van der Waals surface area contributed by atoms with Gasteiger partial charge >= 0.3 is 0 Å². The molecule has 48 heavy (non-hydrogen) atoms. The number of hydrogen-bond donors (Lipinski definition) is 0. The number of furan rings is 1. The van der Waals surface area contributed by atoms with Crippen LogP contribution < -0.4 is 4.90 Å². The van der Waals surface area contributed by atoms with Crippen LogP contribution in [0.2, 0.25) is 0 Å². The van der Waals surface area contributed by atoms with Gasteiger partial charge in [0.1, 0.15) is 5.58 Å². The number of rotatable bonds is 4. The predicted molar refractivity (Wildman–Crippen MR) is 197 cm³/mol. The van der Waals surface area contributed by atoms with Crippen LogP contribution in [-0.2, 0) is 5.41 Å². The van der Waals surface area contributed by atoms with Crippen LogP contribution in [0.15, 0.2) is 144 Å². The lowest BCUT2D eigenvalue weighted by molar-refractivity contribution is -0.0399. The molecule has 1 aromatic heterocycles. The van der Waals surface area contributed by atoms with E-state index in [4.69, 9.17) is 4.42 Å². The van der Waals surface area contributed by atoms with Crippen LogP contribution in [0.4, 0.5) is 17.1 Å². The van der Waals surface area contributed by atoms with Crippen LogP contribution in [-0.4, -0.2) is 0 Å². The molecule has 4 bridgehead atoms. The first-order chi connectivity index (χ1) is 23.8. The second kappa shape index (κ2) is 9.97. The fraction of sp³-hybridized carbons (Fsp3) is 0.217. The number of fused-ring (bicyclic) bond motifs is 6. The second-order valence-corrected chi connectivity index (χ2v) is 14.9. The van der Waals surface area contributed by atoms with Gasteiger partial charge in [-0.3, -0.25) is 0 Å². The smallest absolute Gasteiger partial charge is 0.159 e. The molecule has 0 radical (unpaired) electrons. The summed E-state index contributed by atoms with van der Waals surface area (Å²) in [5, 5.41) is 2.30. The van der Waals surface area contributed by atoms with Crippen molar-refractivity contribution < 1.29 is 4.42 Å². The lowest BCUT2D eigenvalue weighted by Gasteiger charge is -2.61. The highest BCUT2D eigenvalue weighted by atomic mass is 16.3. The van der Waals surface area contributed by atoms with Crippen LogP contribution in [0.25, 0.3) is 44.2 Å². The van der Waals surface area contributed by atoms with Crippen molar-refractivity contribution in [1.82, 2.24) is 0 Å². The summed E-state index contributed by atoms with van der Waals surface area (Å²) in [5.41, 5.74) is 13.9. The van der Waals surface area contributed by atoms with Gasteiger partial charge in [-0.05, 0) is 126 Å². The number of para-hydroxylation sites is 2. The molecule has 1 spiro atoms. The first-order valence-electron chi connectivity index (χ1n) is 17.9. The summed E-state index contributed by atoms with van der Waals surface area (Å²) in [6.07, 6.45) is 7.07. The van der Waals surface area contributed by atoms with Gasteiger partial charge in [0.15, 0.2) is 5.58 Å². The molecule has 5 aliphatic rings. The molecule has 0 saturated heterocycles. The first kappa shape index (κ1) is 26.9. The van der Waals surface area contributed by atoms with E-state index >= 15 is 0 Å². The second-order valence-electron chi connectivity index (χ2n) is 14.9. The Morgan fingerprint density at radius 2 is 1.15 bits per heavy atom. The Balaban J connectivity index is 1.12. The van der Waals surface area contributed by atoms with Crippen LogP contribution in [0.3, 0.4) is 0 Å². The molecular formula is C46H37NO. The lowest BCUT2D eigenvalue weighted by atomic mass is 9.43. The molecule has 0 atom stereocenters. The van der Waals surface area contributed by atoms with Crippen molar-refractivity contribution in [3.63, 3.8) is 0 Å². The molecule has 5 aliphatic carbocycles. The zero-order chi connectivity index (χ0) is 31.4. The minimum atomic E-state index is 0.165. The van der Waals surface area contributed by atoms with E-state index in [0.29, 0.717) is 0 Å². The van der Waals surface area contributed by atoms with Crippen molar-refractivity contribution in [2.45, 2.75) is 37.5 Å². The summed E-state index contributed by atoms with van der Waals surface area (Å²) in [6.45, 7) is 0. The standard InChI is InChI=1S/C46H37NO/c1-2-9-31(10-3-1)32-17-19-35(20-18-32)47(43-15-8-13-39-38-12-5-7-16-44(38)48-45(39)43)36-21-22-42-40(28-36)37-11-4-6-14-41(37)46(42)33-24-29-23-30(26-33)27-34(46)25-29/h1-22,28-30,33-34H,23-27H2. The lowest BCUT2D eigenvalue weighted by Crippen LogP contribution is -2.55. The van der Waals surface area contributed by atoms with E-state index in [1.54, 1.807) is 11.1 Å². The minimum absolute atomic E-state index is 0.165. The van der Waals surface area contributed by atoms with Crippen LogP contribution in [0.5, 0.6) is 0 Å². The van der Waals surface area contributed by atoms with Gasteiger partial charge in [0.25, 0.3) is 0 Å². The van der Waals surface area contributed by atoms with E-state index in [1.165, 1.54) is 60.0 Å². The maximum absolute atomic E-state index is 6.66. The molecule has 0 unspecified atom stereocenters. The Morgan fingerprint density at radius 1 is 0.500 bits per heavy atom.